The van der Waals surface area contributed by atoms with Crippen LogP contribution in [0.5, 0.6) is 5.75 Å². The van der Waals surface area contributed by atoms with E-state index in [0.29, 0.717) is 27.7 Å². The van der Waals surface area contributed by atoms with Crippen LogP contribution < -0.4 is 15.5 Å². The van der Waals surface area contributed by atoms with Crippen molar-refractivity contribution in [3.05, 3.63) is 95.0 Å². The Bertz CT molecular complexity index is 1050. The van der Waals surface area contributed by atoms with Gasteiger partial charge < -0.3 is 10.1 Å². The van der Waals surface area contributed by atoms with Crippen molar-refractivity contribution in [1.29, 1.82) is 0 Å². The molecule has 0 radical (unpaired) electrons. The summed E-state index contributed by atoms with van der Waals surface area (Å²) >= 11 is 5.85. The quantitative estimate of drug-likeness (QED) is 0.435. The predicted octanol–water partition coefficient (Wildman–Crippen LogP) is 4.51. The van der Waals surface area contributed by atoms with E-state index in [0.717, 1.165) is 5.56 Å². The Balaban J connectivity index is 1.58. The molecule has 152 valence electrons. The van der Waals surface area contributed by atoms with E-state index in [-0.39, 0.29) is 18.4 Å². The molecule has 30 heavy (non-hydrogen) atoms. The minimum atomic E-state index is -0.370. The number of carbonyl (C=O) groups excluding carboxylic acids is 2. The van der Waals surface area contributed by atoms with Crippen LogP contribution in [0.1, 0.15) is 22.8 Å². The van der Waals surface area contributed by atoms with Crippen molar-refractivity contribution < 1.29 is 14.3 Å². The van der Waals surface area contributed by atoms with Gasteiger partial charge in [0.25, 0.3) is 11.8 Å². The maximum absolute atomic E-state index is 12.4. The van der Waals surface area contributed by atoms with Crippen LogP contribution in [0.25, 0.3) is 0 Å². The monoisotopic (exact) mass is 421 g/mol. The summed E-state index contributed by atoms with van der Waals surface area (Å²) in [6.45, 7) is 1.62. The lowest BCUT2D eigenvalue weighted by atomic mass is 10.1. The van der Waals surface area contributed by atoms with E-state index in [2.05, 4.69) is 15.8 Å². The summed E-state index contributed by atoms with van der Waals surface area (Å²) in [5.41, 5.74) is 4.93. The van der Waals surface area contributed by atoms with Gasteiger partial charge in [0.05, 0.1) is 5.71 Å². The number of halogens is 1. The molecule has 0 aromatic heterocycles. The molecule has 0 aliphatic rings. The van der Waals surface area contributed by atoms with E-state index < -0.39 is 0 Å². The number of hydrogen-bond acceptors (Lipinski definition) is 4. The van der Waals surface area contributed by atoms with E-state index in [4.69, 9.17) is 16.3 Å². The van der Waals surface area contributed by atoms with Crippen molar-refractivity contribution in [1.82, 2.24) is 5.43 Å². The number of rotatable bonds is 7. The van der Waals surface area contributed by atoms with Gasteiger partial charge in [-0.1, -0.05) is 41.9 Å². The third kappa shape index (κ3) is 6.18. The number of nitrogens with zero attached hydrogens (tertiary/aromatic N) is 1. The first-order valence-corrected chi connectivity index (χ1v) is 9.57. The van der Waals surface area contributed by atoms with Crippen LogP contribution in [0.2, 0.25) is 5.02 Å². The molecule has 2 N–H and O–H groups in total. The molecule has 0 atom stereocenters. The third-order valence-corrected chi connectivity index (χ3v) is 4.36. The van der Waals surface area contributed by atoms with Gasteiger partial charge in [-0.15, -0.1) is 0 Å². The average Bonchev–Trinajstić information content (AvgIpc) is 2.77. The summed E-state index contributed by atoms with van der Waals surface area (Å²) in [5, 5.41) is 7.50. The highest BCUT2D eigenvalue weighted by Crippen LogP contribution is 2.15. The number of benzene rings is 3. The molecule has 0 heterocycles. The molecule has 0 saturated carbocycles. The van der Waals surface area contributed by atoms with Crippen molar-refractivity contribution in [2.24, 2.45) is 5.10 Å². The van der Waals surface area contributed by atoms with Crippen molar-refractivity contribution in [3.8, 4) is 5.75 Å². The Hall–Kier alpha value is -3.64. The van der Waals surface area contributed by atoms with E-state index in [1.807, 2.05) is 24.3 Å². The fourth-order valence-corrected chi connectivity index (χ4v) is 2.66. The van der Waals surface area contributed by atoms with Crippen molar-refractivity contribution >= 4 is 34.8 Å². The van der Waals surface area contributed by atoms with Crippen LogP contribution in [-0.2, 0) is 4.79 Å². The molecule has 2 amide bonds. The van der Waals surface area contributed by atoms with Gasteiger partial charge in [0.1, 0.15) is 5.75 Å². The number of nitrogens with one attached hydrogen (secondary N) is 2. The molecule has 0 saturated heterocycles. The third-order valence-electron chi connectivity index (χ3n) is 4.11. The maximum atomic E-state index is 12.4. The summed E-state index contributed by atoms with van der Waals surface area (Å²) in [6, 6.07) is 22.9. The molecular weight excluding hydrogens is 402 g/mol. The standard InChI is InChI=1S/C23H20ClN3O3/c1-16(26-27-22(28)15-30-21-8-3-2-4-9-21)18-6-5-7-20(14-18)25-23(29)17-10-12-19(24)13-11-17/h2-14H,15H2,1H3,(H,25,29)(H,27,28)/b26-16-. The molecule has 0 aliphatic carbocycles. The normalized spacial score (nSPS) is 10.9. The number of hydrogen-bond donors (Lipinski definition) is 2. The lowest BCUT2D eigenvalue weighted by molar-refractivity contribution is -0.123. The average molecular weight is 422 g/mol. The number of ether oxygens (including phenoxy) is 1. The van der Waals surface area contributed by atoms with Gasteiger partial charge in [0.2, 0.25) is 0 Å². The minimum absolute atomic E-state index is 0.141. The Labute approximate surface area is 179 Å². The first kappa shape index (κ1) is 21.1. The van der Waals surface area contributed by atoms with Crippen LogP contribution >= 0.6 is 11.6 Å². The number of anilines is 1. The summed E-state index contributed by atoms with van der Waals surface area (Å²) < 4.78 is 5.38. The largest absolute Gasteiger partial charge is 0.484 e. The zero-order valence-corrected chi connectivity index (χ0v) is 17.0. The predicted molar refractivity (Wildman–Crippen MR) is 118 cm³/mol. The van der Waals surface area contributed by atoms with Gasteiger partial charge in [-0.05, 0) is 61.0 Å². The molecule has 3 rings (SSSR count). The van der Waals surface area contributed by atoms with Gasteiger partial charge in [-0.3, -0.25) is 9.59 Å². The van der Waals surface area contributed by atoms with Crippen LogP contribution in [0.4, 0.5) is 5.69 Å². The highest BCUT2D eigenvalue weighted by atomic mass is 35.5. The smallest absolute Gasteiger partial charge is 0.277 e. The molecule has 0 bridgehead atoms. The Kier molecular flexibility index (Phi) is 7.19. The molecule has 0 aliphatic heterocycles. The SMILES string of the molecule is C/C(=N/NC(=O)COc1ccccc1)c1cccc(NC(=O)c2ccc(Cl)cc2)c1. The van der Waals surface area contributed by atoms with E-state index in [1.54, 1.807) is 61.5 Å². The molecule has 0 spiro atoms. The summed E-state index contributed by atoms with van der Waals surface area (Å²) in [7, 11) is 0. The zero-order chi connectivity index (χ0) is 21.3. The highest BCUT2D eigenvalue weighted by Gasteiger charge is 2.08. The van der Waals surface area contributed by atoms with E-state index in [1.165, 1.54) is 0 Å². The topological polar surface area (TPSA) is 79.8 Å². The first-order chi connectivity index (χ1) is 14.5. The Morgan fingerprint density at radius 2 is 1.67 bits per heavy atom. The summed E-state index contributed by atoms with van der Waals surface area (Å²) in [4.78, 5) is 24.3. The molecule has 0 unspecified atom stereocenters. The lowest BCUT2D eigenvalue weighted by Crippen LogP contribution is -2.25. The van der Waals surface area contributed by atoms with Gasteiger partial charge in [0.15, 0.2) is 6.61 Å². The van der Waals surface area contributed by atoms with E-state index >= 15 is 0 Å². The minimum Gasteiger partial charge on any atom is -0.484 e. The van der Waals surface area contributed by atoms with Crippen LogP contribution in [0.15, 0.2) is 84.0 Å². The first-order valence-electron chi connectivity index (χ1n) is 9.19. The molecule has 3 aromatic carbocycles. The lowest BCUT2D eigenvalue weighted by Gasteiger charge is -2.08. The second kappa shape index (κ2) is 10.2. The second-order valence-electron chi connectivity index (χ2n) is 6.38. The molecular formula is C23H20ClN3O3. The van der Waals surface area contributed by atoms with Crippen LogP contribution in [0, 0.1) is 0 Å². The van der Waals surface area contributed by atoms with E-state index in [9.17, 15) is 9.59 Å². The molecule has 3 aromatic rings. The Morgan fingerprint density at radius 1 is 0.933 bits per heavy atom. The number of hydrazone groups is 1. The van der Waals surface area contributed by atoms with Gasteiger partial charge >= 0.3 is 0 Å². The summed E-state index contributed by atoms with van der Waals surface area (Å²) in [5.74, 6) is -0.00680. The second-order valence-corrected chi connectivity index (χ2v) is 6.81. The number of carbonyl (C=O) groups is 2. The molecule has 7 heteroatoms. The highest BCUT2D eigenvalue weighted by molar-refractivity contribution is 6.30. The number of para-hydroxylation sites is 1. The van der Waals surface area contributed by atoms with Crippen molar-refractivity contribution in [3.63, 3.8) is 0 Å². The fraction of sp³-hybridized carbons (Fsp3) is 0.0870. The zero-order valence-electron chi connectivity index (χ0n) is 16.3. The van der Waals surface area contributed by atoms with Gasteiger partial charge in [0, 0.05) is 16.3 Å². The Morgan fingerprint density at radius 3 is 2.40 bits per heavy atom. The maximum Gasteiger partial charge on any atom is 0.277 e. The molecule has 6 nitrogen and oxygen atoms in total. The fourth-order valence-electron chi connectivity index (χ4n) is 2.54. The molecule has 0 fully saturated rings. The van der Waals surface area contributed by atoms with Crippen LogP contribution in [0.3, 0.4) is 0 Å². The summed E-state index contributed by atoms with van der Waals surface area (Å²) in [6.07, 6.45) is 0. The van der Waals surface area contributed by atoms with Crippen molar-refractivity contribution in [2.45, 2.75) is 6.92 Å². The van der Waals surface area contributed by atoms with Crippen LogP contribution in [-0.4, -0.2) is 24.1 Å². The van der Waals surface area contributed by atoms with Gasteiger partial charge in [-0.25, -0.2) is 5.43 Å². The van der Waals surface area contributed by atoms with Gasteiger partial charge in [-0.2, -0.15) is 5.10 Å². The number of amides is 2. The van der Waals surface area contributed by atoms with Crippen molar-refractivity contribution in [2.75, 3.05) is 11.9 Å².